The molecule has 1 unspecified atom stereocenters. The van der Waals surface area contributed by atoms with Crippen LogP contribution in [0.2, 0.25) is 0 Å². The van der Waals surface area contributed by atoms with E-state index in [1.807, 2.05) is 23.1 Å². The molecule has 0 amide bonds. The fourth-order valence-electron chi connectivity index (χ4n) is 2.48. The number of halogens is 1. The standard InChI is InChI=1S/C16H17ClS2/c1-10-3-4-11(2)13(7-10)16(17)15-8-12-9-18-6-5-14(12)19-15/h3-4,7-8,16H,5-6,9H2,1-2H3. The Labute approximate surface area is 128 Å². The van der Waals surface area contributed by atoms with E-state index in [4.69, 9.17) is 11.6 Å². The molecule has 0 nitrogen and oxygen atoms in total. The highest BCUT2D eigenvalue weighted by Gasteiger charge is 2.20. The summed E-state index contributed by atoms with van der Waals surface area (Å²) in [5.74, 6) is 2.41. The summed E-state index contributed by atoms with van der Waals surface area (Å²) in [4.78, 5) is 2.85. The van der Waals surface area contributed by atoms with E-state index in [1.54, 1.807) is 4.88 Å². The van der Waals surface area contributed by atoms with Gasteiger partial charge in [0.05, 0.1) is 5.38 Å². The zero-order chi connectivity index (χ0) is 13.4. The van der Waals surface area contributed by atoms with Crippen molar-refractivity contribution in [2.75, 3.05) is 5.75 Å². The predicted octanol–water partition coefficient (Wildman–Crippen LogP) is 5.48. The van der Waals surface area contributed by atoms with Gasteiger partial charge in [0.1, 0.15) is 0 Å². The van der Waals surface area contributed by atoms with Crippen LogP contribution in [0.25, 0.3) is 0 Å². The predicted molar refractivity (Wildman–Crippen MR) is 87.8 cm³/mol. The fourth-order valence-corrected chi connectivity index (χ4v) is 5.29. The van der Waals surface area contributed by atoms with Crippen LogP contribution in [-0.4, -0.2) is 5.75 Å². The average Bonchev–Trinajstić information content (AvgIpc) is 2.84. The van der Waals surface area contributed by atoms with E-state index in [-0.39, 0.29) is 5.38 Å². The molecule has 19 heavy (non-hydrogen) atoms. The molecule has 0 saturated heterocycles. The normalized spacial score (nSPS) is 16.2. The molecule has 1 aromatic heterocycles. The quantitative estimate of drug-likeness (QED) is 0.662. The van der Waals surface area contributed by atoms with Gasteiger partial charge in [0.25, 0.3) is 0 Å². The van der Waals surface area contributed by atoms with Crippen molar-refractivity contribution >= 4 is 34.7 Å². The number of hydrogen-bond acceptors (Lipinski definition) is 2. The van der Waals surface area contributed by atoms with Crippen molar-refractivity contribution in [3.8, 4) is 0 Å². The second-order valence-electron chi connectivity index (χ2n) is 5.12. The molecule has 100 valence electrons. The van der Waals surface area contributed by atoms with Gasteiger partial charge in [-0.25, -0.2) is 0 Å². The van der Waals surface area contributed by atoms with E-state index < -0.39 is 0 Å². The first kappa shape index (κ1) is 13.5. The number of benzene rings is 1. The van der Waals surface area contributed by atoms with Gasteiger partial charge < -0.3 is 0 Å². The first-order valence-electron chi connectivity index (χ1n) is 6.55. The van der Waals surface area contributed by atoms with Gasteiger partial charge in [-0.3, -0.25) is 0 Å². The van der Waals surface area contributed by atoms with Crippen LogP contribution in [-0.2, 0) is 12.2 Å². The Hall–Kier alpha value is -0.440. The third-order valence-corrected chi connectivity index (χ3v) is 6.51. The highest BCUT2D eigenvalue weighted by molar-refractivity contribution is 7.98. The van der Waals surface area contributed by atoms with E-state index in [9.17, 15) is 0 Å². The third kappa shape index (κ3) is 2.72. The van der Waals surface area contributed by atoms with E-state index in [2.05, 4.69) is 38.1 Å². The third-order valence-electron chi connectivity index (χ3n) is 3.60. The molecular weight excluding hydrogens is 292 g/mol. The smallest absolute Gasteiger partial charge is 0.0930 e. The molecule has 1 aromatic carbocycles. The summed E-state index contributed by atoms with van der Waals surface area (Å²) in [6, 6.07) is 8.87. The lowest BCUT2D eigenvalue weighted by Crippen LogP contribution is -1.96. The van der Waals surface area contributed by atoms with E-state index in [0.717, 1.165) is 5.75 Å². The lowest BCUT2D eigenvalue weighted by molar-refractivity contribution is 1.12. The fraction of sp³-hybridized carbons (Fsp3) is 0.375. The first-order valence-corrected chi connectivity index (χ1v) is 8.96. The van der Waals surface area contributed by atoms with E-state index >= 15 is 0 Å². The molecule has 1 aliphatic rings. The summed E-state index contributed by atoms with van der Waals surface area (Å²) in [6.45, 7) is 4.27. The molecule has 3 rings (SSSR count). The highest BCUT2D eigenvalue weighted by atomic mass is 35.5. The maximum atomic E-state index is 6.73. The second kappa shape index (κ2) is 5.51. The molecule has 0 spiro atoms. The SMILES string of the molecule is Cc1ccc(C)c(C(Cl)c2cc3c(s2)CCSC3)c1. The molecule has 0 radical (unpaired) electrons. The van der Waals surface area contributed by atoms with Crippen molar-refractivity contribution < 1.29 is 0 Å². The number of aryl methyl sites for hydroxylation is 3. The Kier molecular flexibility index (Phi) is 3.93. The van der Waals surface area contributed by atoms with Crippen LogP contribution in [0.4, 0.5) is 0 Å². The molecule has 0 saturated carbocycles. The Morgan fingerprint density at radius 1 is 1.21 bits per heavy atom. The van der Waals surface area contributed by atoms with Gasteiger partial charge in [-0.15, -0.1) is 22.9 Å². The van der Waals surface area contributed by atoms with Crippen LogP contribution in [0.1, 0.15) is 37.4 Å². The minimum absolute atomic E-state index is 0.000463. The number of rotatable bonds is 2. The van der Waals surface area contributed by atoms with Gasteiger partial charge in [0.15, 0.2) is 0 Å². The largest absolute Gasteiger partial charge is 0.157 e. The van der Waals surface area contributed by atoms with Crippen LogP contribution < -0.4 is 0 Å². The van der Waals surface area contributed by atoms with Crippen molar-refractivity contribution in [3.05, 3.63) is 56.3 Å². The van der Waals surface area contributed by atoms with Crippen molar-refractivity contribution in [1.29, 1.82) is 0 Å². The van der Waals surface area contributed by atoms with Gasteiger partial charge in [-0.1, -0.05) is 23.8 Å². The molecule has 0 aliphatic carbocycles. The van der Waals surface area contributed by atoms with Crippen LogP contribution in [0.15, 0.2) is 24.3 Å². The number of thiophene rings is 1. The van der Waals surface area contributed by atoms with E-state index in [1.165, 1.54) is 39.3 Å². The number of alkyl halides is 1. The Balaban J connectivity index is 1.97. The molecule has 1 atom stereocenters. The first-order chi connectivity index (χ1) is 9.15. The van der Waals surface area contributed by atoms with Crippen molar-refractivity contribution in [2.45, 2.75) is 31.4 Å². The number of hydrogen-bond donors (Lipinski definition) is 0. The second-order valence-corrected chi connectivity index (χ2v) is 7.83. The lowest BCUT2D eigenvalue weighted by Gasteiger charge is -2.12. The summed E-state index contributed by atoms with van der Waals surface area (Å²) in [5, 5.41) is 0.000463. The maximum Gasteiger partial charge on any atom is 0.0930 e. The zero-order valence-corrected chi connectivity index (χ0v) is 13.6. The summed E-state index contributed by atoms with van der Waals surface area (Å²) in [7, 11) is 0. The zero-order valence-electron chi connectivity index (χ0n) is 11.2. The number of fused-ring (bicyclic) bond motifs is 1. The van der Waals surface area contributed by atoms with Gasteiger partial charge in [0, 0.05) is 15.5 Å². The topological polar surface area (TPSA) is 0 Å². The molecule has 3 heteroatoms. The molecular formula is C16H17ClS2. The van der Waals surface area contributed by atoms with Gasteiger partial charge in [-0.2, -0.15) is 11.8 Å². The minimum Gasteiger partial charge on any atom is -0.157 e. The Morgan fingerprint density at radius 3 is 2.84 bits per heavy atom. The van der Waals surface area contributed by atoms with Crippen molar-refractivity contribution in [1.82, 2.24) is 0 Å². The van der Waals surface area contributed by atoms with Crippen molar-refractivity contribution in [2.24, 2.45) is 0 Å². The lowest BCUT2D eigenvalue weighted by atomic mass is 10.0. The maximum absolute atomic E-state index is 6.73. The average molecular weight is 309 g/mol. The minimum atomic E-state index is 0.000463. The van der Waals surface area contributed by atoms with Crippen LogP contribution in [0.3, 0.4) is 0 Å². The number of thioether (sulfide) groups is 1. The highest BCUT2D eigenvalue weighted by Crippen LogP contribution is 2.40. The molecule has 2 aromatic rings. The Bertz CT molecular complexity index is 577. The Morgan fingerprint density at radius 2 is 2.05 bits per heavy atom. The molecule has 0 fully saturated rings. The van der Waals surface area contributed by atoms with Crippen LogP contribution in [0.5, 0.6) is 0 Å². The molecule has 2 heterocycles. The summed E-state index contributed by atoms with van der Waals surface area (Å²) in [5.41, 5.74) is 5.33. The summed E-state index contributed by atoms with van der Waals surface area (Å²) in [6.07, 6.45) is 1.21. The van der Waals surface area contributed by atoms with Gasteiger partial charge >= 0.3 is 0 Å². The summed E-state index contributed by atoms with van der Waals surface area (Å²) < 4.78 is 0. The molecule has 1 aliphatic heterocycles. The monoisotopic (exact) mass is 308 g/mol. The van der Waals surface area contributed by atoms with E-state index in [0.29, 0.717) is 0 Å². The van der Waals surface area contributed by atoms with Crippen molar-refractivity contribution in [3.63, 3.8) is 0 Å². The summed E-state index contributed by atoms with van der Waals surface area (Å²) >= 11 is 10.7. The van der Waals surface area contributed by atoms with Crippen LogP contribution >= 0.6 is 34.7 Å². The molecule has 0 N–H and O–H groups in total. The van der Waals surface area contributed by atoms with Gasteiger partial charge in [0.2, 0.25) is 0 Å². The van der Waals surface area contributed by atoms with Gasteiger partial charge in [-0.05, 0) is 48.8 Å². The van der Waals surface area contributed by atoms with Crippen LogP contribution in [0, 0.1) is 13.8 Å². The molecule has 0 bridgehead atoms.